The van der Waals surface area contributed by atoms with Gasteiger partial charge >= 0.3 is 5.97 Å². The van der Waals surface area contributed by atoms with Crippen molar-refractivity contribution >= 4 is 5.97 Å². The summed E-state index contributed by atoms with van der Waals surface area (Å²) in [5, 5.41) is 8.63. The van der Waals surface area contributed by atoms with E-state index >= 15 is 0 Å². The number of carbonyl (C=O) groups is 1. The van der Waals surface area contributed by atoms with Gasteiger partial charge in [0, 0.05) is 5.56 Å². The van der Waals surface area contributed by atoms with E-state index in [4.69, 9.17) is 5.11 Å². The Kier molecular flexibility index (Phi) is 2.84. The molecule has 1 rings (SSSR count). The maximum absolute atomic E-state index is 13.2. The third-order valence-electron chi connectivity index (χ3n) is 2.11. The van der Waals surface area contributed by atoms with Crippen LogP contribution in [0.1, 0.15) is 24.0 Å². The number of benzene rings is 1. The Morgan fingerprint density at radius 1 is 1.36 bits per heavy atom. The third kappa shape index (κ3) is 1.89. The summed E-state index contributed by atoms with van der Waals surface area (Å²) in [5.41, 5.74) is 0.0458. The van der Waals surface area contributed by atoms with Crippen LogP contribution >= 0.6 is 0 Å². The highest BCUT2D eigenvalue weighted by Crippen LogP contribution is 2.22. The largest absolute Gasteiger partial charge is 0.481 e. The fraction of sp³-hybridized carbons (Fsp3) is 0.300. The molecule has 0 saturated heterocycles. The molecule has 0 bridgehead atoms. The van der Waals surface area contributed by atoms with Gasteiger partial charge in [0.25, 0.3) is 0 Å². The second-order valence-electron chi connectivity index (χ2n) is 3.18. The van der Waals surface area contributed by atoms with Crippen LogP contribution < -0.4 is 0 Å². The summed E-state index contributed by atoms with van der Waals surface area (Å²) < 4.78 is 26.2. The summed E-state index contributed by atoms with van der Waals surface area (Å²) >= 11 is 0. The van der Waals surface area contributed by atoms with Crippen molar-refractivity contribution in [2.45, 2.75) is 19.8 Å². The number of aliphatic carboxylic acids is 1. The Morgan fingerprint density at radius 2 is 1.93 bits per heavy atom. The first-order valence-corrected chi connectivity index (χ1v) is 4.12. The van der Waals surface area contributed by atoms with Crippen LogP contribution in [0, 0.1) is 18.6 Å². The molecule has 1 N–H and O–H groups in total. The van der Waals surface area contributed by atoms with E-state index in [0.717, 1.165) is 12.1 Å². The Balaban J connectivity index is 3.22. The minimum atomic E-state index is -1.17. The van der Waals surface area contributed by atoms with Crippen molar-refractivity contribution in [3.8, 4) is 0 Å². The first kappa shape index (κ1) is 10.6. The smallest absolute Gasteiger partial charge is 0.310 e. The van der Waals surface area contributed by atoms with Gasteiger partial charge in [0.2, 0.25) is 0 Å². The van der Waals surface area contributed by atoms with Crippen molar-refractivity contribution in [1.82, 2.24) is 0 Å². The molecule has 4 heteroatoms. The lowest BCUT2D eigenvalue weighted by Crippen LogP contribution is -2.10. The molecule has 0 unspecified atom stereocenters. The molecule has 0 amide bonds. The molecule has 1 atom stereocenters. The summed E-state index contributed by atoms with van der Waals surface area (Å²) in [7, 11) is 0. The average molecular weight is 200 g/mol. The van der Waals surface area contributed by atoms with Crippen molar-refractivity contribution < 1.29 is 18.7 Å². The van der Waals surface area contributed by atoms with E-state index in [1.54, 1.807) is 0 Å². The van der Waals surface area contributed by atoms with Crippen molar-refractivity contribution in [2.75, 3.05) is 0 Å². The van der Waals surface area contributed by atoms with Crippen molar-refractivity contribution in [2.24, 2.45) is 0 Å². The second kappa shape index (κ2) is 3.74. The summed E-state index contributed by atoms with van der Waals surface area (Å²) in [6, 6.07) is 1.94. The van der Waals surface area contributed by atoms with Crippen LogP contribution in [0.15, 0.2) is 12.1 Å². The van der Waals surface area contributed by atoms with Gasteiger partial charge in [-0.05, 0) is 31.5 Å². The van der Waals surface area contributed by atoms with Gasteiger partial charge in [-0.3, -0.25) is 4.79 Å². The minimum Gasteiger partial charge on any atom is -0.481 e. The van der Waals surface area contributed by atoms with Gasteiger partial charge < -0.3 is 5.11 Å². The second-order valence-corrected chi connectivity index (χ2v) is 3.18. The van der Waals surface area contributed by atoms with Crippen LogP contribution in [0.2, 0.25) is 0 Å². The Morgan fingerprint density at radius 3 is 2.43 bits per heavy atom. The number of aryl methyl sites for hydroxylation is 1. The van der Waals surface area contributed by atoms with Crippen LogP contribution in [0.3, 0.4) is 0 Å². The Labute approximate surface area is 80.2 Å². The highest BCUT2D eigenvalue weighted by molar-refractivity contribution is 5.75. The summed E-state index contributed by atoms with van der Waals surface area (Å²) in [5.74, 6) is -3.48. The quantitative estimate of drug-likeness (QED) is 0.796. The lowest BCUT2D eigenvalue weighted by Gasteiger charge is -2.09. The summed E-state index contributed by atoms with van der Waals surface area (Å²) in [6.07, 6.45) is 0. The first-order valence-electron chi connectivity index (χ1n) is 4.12. The molecule has 0 spiro atoms. The normalized spacial score (nSPS) is 12.6. The fourth-order valence-electron chi connectivity index (χ4n) is 1.13. The highest BCUT2D eigenvalue weighted by atomic mass is 19.1. The van der Waals surface area contributed by atoms with E-state index in [2.05, 4.69) is 0 Å². The first-order chi connectivity index (χ1) is 6.43. The van der Waals surface area contributed by atoms with Crippen LogP contribution in [0.5, 0.6) is 0 Å². The monoisotopic (exact) mass is 200 g/mol. The molecule has 1 aromatic carbocycles. The number of carboxylic acids is 1. The maximum Gasteiger partial charge on any atom is 0.310 e. The standard InChI is InChI=1S/C10H10F2O2/c1-5-3-9(12)7(4-8(5)11)6(2)10(13)14/h3-4,6H,1-2H3,(H,13,14)/t6-/m0/s1. The van der Waals surface area contributed by atoms with Gasteiger partial charge in [-0.25, -0.2) is 8.78 Å². The number of halogens is 2. The van der Waals surface area contributed by atoms with Gasteiger partial charge in [0.1, 0.15) is 11.6 Å². The molecule has 76 valence electrons. The van der Waals surface area contributed by atoms with Crippen molar-refractivity contribution in [3.63, 3.8) is 0 Å². The molecule has 0 radical (unpaired) electrons. The van der Waals surface area contributed by atoms with Gasteiger partial charge in [-0.1, -0.05) is 0 Å². The zero-order valence-corrected chi connectivity index (χ0v) is 7.84. The number of rotatable bonds is 2. The van der Waals surface area contributed by atoms with E-state index in [1.807, 2.05) is 0 Å². The summed E-state index contributed by atoms with van der Waals surface area (Å²) in [4.78, 5) is 10.6. The summed E-state index contributed by atoms with van der Waals surface area (Å²) in [6.45, 7) is 2.74. The van der Waals surface area contributed by atoms with Crippen LogP contribution in [-0.4, -0.2) is 11.1 Å². The van der Waals surface area contributed by atoms with E-state index < -0.39 is 23.5 Å². The predicted molar refractivity (Wildman–Crippen MR) is 47.1 cm³/mol. The minimum absolute atomic E-state index is 0.124. The van der Waals surface area contributed by atoms with Gasteiger partial charge in [0.05, 0.1) is 5.92 Å². The highest BCUT2D eigenvalue weighted by Gasteiger charge is 2.19. The zero-order chi connectivity index (χ0) is 10.9. The molecule has 1 aromatic rings. The topological polar surface area (TPSA) is 37.3 Å². The average Bonchev–Trinajstić information content (AvgIpc) is 2.10. The predicted octanol–water partition coefficient (Wildman–Crippen LogP) is 2.46. The molecule has 0 aliphatic rings. The molecule has 0 saturated carbocycles. The molecular weight excluding hydrogens is 190 g/mol. The Hall–Kier alpha value is -1.45. The van der Waals surface area contributed by atoms with Gasteiger partial charge in [-0.2, -0.15) is 0 Å². The van der Waals surface area contributed by atoms with Crippen LogP contribution in [-0.2, 0) is 4.79 Å². The molecular formula is C10H10F2O2. The van der Waals surface area contributed by atoms with E-state index in [-0.39, 0.29) is 11.1 Å². The molecule has 0 heterocycles. The van der Waals surface area contributed by atoms with Crippen molar-refractivity contribution in [3.05, 3.63) is 34.9 Å². The number of hydrogen-bond acceptors (Lipinski definition) is 1. The lowest BCUT2D eigenvalue weighted by atomic mass is 9.99. The molecule has 0 fully saturated rings. The van der Waals surface area contributed by atoms with E-state index in [9.17, 15) is 13.6 Å². The maximum atomic E-state index is 13.2. The molecule has 0 aliphatic heterocycles. The van der Waals surface area contributed by atoms with Gasteiger partial charge in [0.15, 0.2) is 0 Å². The lowest BCUT2D eigenvalue weighted by molar-refractivity contribution is -0.138. The van der Waals surface area contributed by atoms with Crippen LogP contribution in [0.4, 0.5) is 8.78 Å². The number of hydrogen-bond donors (Lipinski definition) is 1. The fourth-order valence-corrected chi connectivity index (χ4v) is 1.13. The zero-order valence-electron chi connectivity index (χ0n) is 7.84. The van der Waals surface area contributed by atoms with Crippen molar-refractivity contribution in [1.29, 1.82) is 0 Å². The van der Waals surface area contributed by atoms with E-state index in [0.29, 0.717) is 0 Å². The molecule has 2 nitrogen and oxygen atoms in total. The number of carboxylic acid groups (broad SMARTS) is 1. The molecule has 0 aliphatic carbocycles. The van der Waals surface area contributed by atoms with E-state index in [1.165, 1.54) is 13.8 Å². The third-order valence-corrected chi connectivity index (χ3v) is 2.11. The molecule has 0 aromatic heterocycles. The van der Waals surface area contributed by atoms with Crippen LogP contribution in [0.25, 0.3) is 0 Å². The molecule has 14 heavy (non-hydrogen) atoms. The SMILES string of the molecule is Cc1cc(F)c([C@H](C)C(=O)O)cc1F. The Bertz CT molecular complexity index is 375. The van der Waals surface area contributed by atoms with Gasteiger partial charge in [-0.15, -0.1) is 0 Å².